The Morgan fingerprint density at radius 2 is 0.828 bits per heavy atom. The van der Waals surface area contributed by atoms with Crippen molar-refractivity contribution in [2.45, 2.75) is 391 Å². The van der Waals surface area contributed by atoms with E-state index in [0.29, 0.717) is 19.4 Å². The number of amides is 1. The Bertz CT molecular complexity index is 1630. The molecule has 1 fully saturated rings. The van der Waals surface area contributed by atoms with Crippen LogP contribution in [0.25, 0.3) is 0 Å². The maximum atomic E-state index is 13.0. The van der Waals surface area contributed by atoms with Crippen molar-refractivity contribution in [3.63, 3.8) is 0 Å². The molecule has 87 heavy (non-hydrogen) atoms. The lowest BCUT2D eigenvalue weighted by atomic mass is 9.99. The Morgan fingerprint density at radius 1 is 0.448 bits per heavy atom. The summed E-state index contributed by atoms with van der Waals surface area (Å²) in [5.41, 5.74) is 0. The van der Waals surface area contributed by atoms with Crippen molar-refractivity contribution in [2.24, 2.45) is 0 Å². The standard InChI is InChI=1S/C76H139NO10/c1-3-5-7-9-11-13-14-40-44-48-52-56-60-64-72(81)85-65-61-57-53-49-45-42-39-37-35-33-31-29-27-25-23-21-19-17-15-16-18-20-22-24-26-28-30-32-34-36-38-41-43-47-51-55-59-63-71(80)77-68(69(79)62-58-54-50-46-12-10-8-6-4-2)67-86-76-75(84)74(83)73(82)70(66-78)87-76/h4,6,12,15,17,21,23,46,58,62,68-70,73-76,78-79,82-84H,3,5,7-11,13-14,16,18-20,22,24-45,47-57,59-61,63-67H2,1-2H3,(H,77,80)/b6-4+,17-15-,23-21-,46-12+,62-58+. The fourth-order valence-electron chi connectivity index (χ4n) is 11.6. The van der Waals surface area contributed by atoms with Gasteiger partial charge >= 0.3 is 5.97 Å². The number of hydrogen-bond donors (Lipinski definition) is 6. The van der Waals surface area contributed by atoms with E-state index in [4.69, 9.17) is 14.2 Å². The van der Waals surface area contributed by atoms with Crippen LogP contribution in [0.4, 0.5) is 0 Å². The summed E-state index contributed by atoms with van der Waals surface area (Å²) in [6, 6.07) is -0.832. The van der Waals surface area contributed by atoms with Crippen LogP contribution >= 0.6 is 0 Å². The molecular formula is C76H139NO10. The van der Waals surface area contributed by atoms with E-state index in [0.717, 1.165) is 64.2 Å². The number of allylic oxidation sites excluding steroid dienone is 9. The van der Waals surface area contributed by atoms with Gasteiger partial charge in [-0.25, -0.2) is 0 Å². The highest BCUT2D eigenvalue weighted by Crippen LogP contribution is 2.23. The van der Waals surface area contributed by atoms with E-state index in [1.807, 2.05) is 19.1 Å². The van der Waals surface area contributed by atoms with E-state index in [-0.39, 0.29) is 18.5 Å². The van der Waals surface area contributed by atoms with Crippen molar-refractivity contribution >= 4 is 11.9 Å². The Kier molecular flexibility index (Phi) is 61.4. The lowest BCUT2D eigenvalue weighted by Gasteiger charge is -2.40. The van der Waals surface area contributed by atoms with Gasteiger partial charge in [-0.1, -0.05) is 312 Å². The van der Waals surface area contributed by atoms with Crippen LogP contribution in [-0.4, -0.2) is 100 Å². The topological polar surface area (TPSA) is 175 Å². The molecule has 0 aromatic heterocycles. The molecule has 11 heteroatoms. The van der Waals surface area contributed by atoms with Crippen molar-refractivity contribution in [1.29, 1.82) is 0 Å². The Hall–Kier alpha value is -2.64. The van der Waals surface area contributed by atoms with Crippen LogP contribution in [0.1, 0.15) is 348 Å². The van der Waals surface area contributed by atoms with E-state index in [2.05, 4.69) is 54.8 Å². The fourth-order valence-corrected chi connectivity index (χ4v) is 11.6. The van der Waals surface area contributed by atoms with Gasteiger partial charge < -0.3 is 45.1 Å². The third-order valence-corrected chi connectivity index (χ3v) is 17.4. The molecule has 508 valence electrons. The molecule has 0 aliphatic carbocycles. The Labute approximate surface area is 535 Å². The highest BCUT2D eigenvalue weighted by Gasteiger charge is 2.44. The molecule has 1 rings (SSSR count). The fraction of sp³-hybridized carbons (Fsp3) is 0.842. The van der Waals surface area contributed by atoms with Gasteiger partial charge in [0.1, 0.15) is 24.4 Å². The van der Waals surface area contributed by atoms with Gasteiger partial charge in [0.15, 0.2) is 6.29 Å². The Morgan fingerprint density at radius 3 is 1.26 bits per heavy atom. The van der Waals surface area contributed by atoms with E-state index in [1.54, 1.807) is 6.08 Å². The molecule has 0 spiro atoms. The van der Waals surface area contributed by atoms with Crippen molar-refractivity contribution in [2.75, 3.05) is 19.8 Å². The van der Waals surface area contributed by atoms with Gasteiger partial charge in [-0.05, 0) is 84.0 Å². The maximum absolute atomic E-state index is 13.0. The van der Waals surface area contributed by atoms with E-state index >= 15 is 0 Å². The molecule has 1 heterocycles. The molecule has 0 saturated carbocycles. The summed E-state index contributed by atoms with van der Waals surface area (Å²) < 4.78 is 16.7. The molecule has 0 aromatic carbocycles. The average Bonchev–Trinajstić information content (AvgIpc) is 1.99. The summed E-state index contributed by atoms with van der Waals surface area (Å²) in [6.45, 7) is 4.12. The minimum atomic E-state index is -1.58. The van der Waals surface area contributed by atoms with Gasteiger partial charge in [0.2, 0.25) is 5.91 Å². The van der Waals surface area contributed by atoms with E-state index in [1.165, 1.54) is 257 Å². The number of aliphatic hydroxyl groups is 5. The first-order chi connectivity index (χ1) is 42.7. The van der Waals surface area contributed by atoms with Gasteiger partial charge in [-0.3, -0.25) is 9.59 Å². The second-order valence-electron chi connectivity index (χ2n) is 25.6. The first kappa shape index (κ1) is 82.4. The molecule has 11 nitrogen and oxygen atoms in total. The SMILES string of the molecule is C/C=C/CC/C=C/CC/C=C/C(O)C(COC1OC(CO)C(O)C(O)C1O)NC(=O)CCCCCCCCCCCCCCCCCCC/C=C\C/C=C\CCCCCCCCCCCCCCCOC(=O)CCCCCCCCCCCCCCC. The van der Waals surface area contributed by atoms with Crippen LogP contribution in [0.15, 0.2) is 60.8 Å². The molecule has 1 amide bonds. The first-order valence-corrected chi connectivity index (χ1v) is 37.0. The Balaban J connectivity index is 1.89. The summed E-state index contributed by atoms with van der Waals surface area (Å²) in [5, 5.41) is 54.2. The molecular weight excluding hydrogens is 1090 g/mol. The molecule has 7 atom stereocenters. The minimum Gasteiger partial charge on any atom is -0.466 e. The second-order valence-corrected chi connectivity index (χ2v) is 25.6. The van der Waals surface area contributed by atoms with E-state index in [9.17, 15) is 35.1 Å². The summed E-state index contributed by atoms with van der Waals surface area (Å²) in [5.74, 6) is -0.182. The number of carbonyl (C=O) groups is 2. The normalized spacial score (nSPS) is 18.2. The third kappa shape index (κ3) is 53.7. The number of ether oxygens (including phenoxy) is 3. The maximum Gasteiger partial charge on any atom is 0.305 e. The predicted molar refractivity (Wildman–Crippen MR) is 366 cm³/mol. The van der Waals surface area contributed by atoms with Crippen LogP contribution < -0.4 is 5.32 Å². The van der Waals surface area contributed by atoms with E-state index < -0.39 is 49.5 Å². The highest BCUT2D eigenvalue weighted by molar-refractivity contribution is 5.76. The van der Waals surface area contributed by atoms with Crippen LogP contribution in [0.5, 0.6) is 0 Å². The van der Waals surface area contributed by atoms with Crippen molar-refractivity contribution in [3.8, 4) is 0 Å². The molecule has 7 unspecified atom stereocenters. The number of esters is 1. The number of rotatable bonds is 65. The zero-order chi connectivity index (χ0) is 63.0. The lowest BCUT2D eigenvalue weighted by molar-refractivity contribution is -0.302. The molecule has 1 aliphatic heterocycles. The lowest BCUT2D eigenvalue weighted by Crippen LogP contribution is -2.60. The first-order valence-electron chi connectivity index (χ1n) is 37.0. The van der Waals surface area contributed by atoms with Gasteiger partial charge in [0.25, 0.3) is 0 Å². The number of hydrogen-bond acceptors (Lipinski definition) is 10. The molecule has 1 aliphatic rings. The third-order valence-electron chi connectivity index (χ3n) is 17.4. The summed E-state index contributed by atoms with van der Waals surface area (Å²) in [4.78, 5) is 25.1. The van der Waals surface area contributed by atoms with Gasteiger partial charge in [-0.15, -0.1) is 0 Å². The van der Waals surface area contributed by atoms with Crippen molar-refractivity contribution in [1.82, 2.24) is 5.32 Å². The second kappa shape index (κ2) is 64.9. The molecule has 6 N–H and O–H groups in total. The van der Waals surface area contributed by atoms with Crippen molar-refractivity contribution in [3.05, 3.63) is 60.8 Å². The van der Waals surface area contributed by atoms with Crippen molar-refractivity contribution < 1.29 is 49.3 Å². The quantitative estimate of drug-likeness (QED) is 0.0195. The number of nitrogens with one attached hydrogen (secondary N) is 1. The molecule has 1 saturated heterocycles. The minimum absolute atomic E-state index is 0.0138. The number of aliphatic hydroxyl groups excluding tert-OH is 5. The molecule has 0 radical (unpaired) electrons. The zero-order valence-electron chi connectivity index (χ0n) is 56.5. The predicted octanol–water partition coefficient (Wildman–Crippen LogP) is 19.3. The smallest absolute Gasteiger partial charge is 0.305 e. The van der Waals surface area contributed by atoms with Crippen LogP contribution in [0.2, 0.25) is 0 Å². The number of unbranched alkanes of at least 4 members (excludes halogenated alkanes) is 44. The van der Waals surface area contributed by atoms with Gasteiger partial charge in [0.05, 0.1) is 32.0 Å². The van der Waals surface area contributed by atoms with Gasteiger partial charge in [-0.2, -0.15) is 0 Å². The zero-order valence-corrected chi connectivity index (χ0v) is 56.5. The van der Waals surface area contributed by atoms with Crippen LogP contribution in [0.3, 0.4) is 0 Å². The van der Waals surface area contributed by atoms with Crippen LogP contribution in [0, 0.1) is 0 Å². The largest absolute Gasteiger partial charge is 0.466 e. The molecule has 0 aromatic rings. The summed E-state index contributed by atoms with van der Waals surface area (Å²) in [7, 11) is 0. The summed E-state index contributed by atoms with van der Waals surface area (Å²) >= 11 is 0. The summed E-state index contributed by atoms with van der Waals surface area (Å²) in [6.07, 6.45) is 77.1. The average molecular weight is 1230 g/mol. The molecule has 0 bridgehead atoms. The van der Waals surface area contributed by atoms with Gasteiger partial charge in [0, 0.05) is 12.8 Å². The highest BCUT2D eigenvalue weighted by atomic mass is 16.7. The number of carbonyl (C=O) groups excluding carboxylic acids is 2. The van der Waals surface area contributed by atoms with Crippen LogP contribution in [-0.2, 0) is 23.8 Å². The monoisotopic (exact) mass is 1230 g/mol.